The van der Waals surface area contributed by atoms with Crippen LogP contribution in [0.4, 0.5) is 0 Å². The summed E-state index contributed by atoms with van der Waals surface area (Å²) in [5.41, 5.74) is 12.0. The first-order valence-corrected chi connectivity index (χ1v) is 16.7. The number of benzene rings is 2. The Bertz CT molecular complexity index is 2090. The molecule has 6 aromatic rings. The number of aromatic nitrogens is 11. The molecule has 12 heteroatoms. The third-order valence-corrected chi connectivity index (χ3v) is 8.38. The molecule has 50 heavy (non-hydrogen) atoms. The number of nitrogens with zero attached hydrogens (tertiary/aromatic N) is 11. The second kappa shape index (κ2) is 14.4. The molecule has 0 unspecified atom stereocenters. The smallest absolute Gasteiger partial charge is 0.293 e. The maximum Gasteiger partial charge on any atom is 0.293 e. The molecule has 1 aliphatic heterocycles. The summed E-state index contributed by atoms with van der Waals surface area (Å²) in [6.07, 6.45) is 3.43. The third kappa shape index (κ3) is 7.61. The molecule has 261 valence electrons. The molecule has 1 radical (unpaired) electrons. The van der Waals surface area contributed by atoms with Crippen molar-refractivity contribution in [3.63, 3.8) is 0 Å². The first kappa shape index (κ1) is 36.7. The summed E-state index contributed by atoms with van der Waals surface area (Å²) in [4.78, 5) is 13.8. The molecule has 0 saturated heterocycles. The number of hydrogen-bond donors (Lipinski definition) is 0. The zero-order valence-electron chi connectivity index (χ0n) is 30.6. The number of tetrazole rings is 2. The van der Waals surface area contributed by atoms with E-state index in [2.05, 4.69) is 153 Å². The van der Waals surface area contributed by atoms with Crippen LogP contribution >= 0.6 is 0 Å². The Hall–Kier alpha value is -4.54. The van der Waals surface area contributed by atoms with E-state index < -0.39 is 0 Å². The van der Waals surface area contributed by atoms with Gasteiger partial charge in [0.1, 0.15) is 36.0 Å². The maximum absolute atomic E-state index is 4.66. The van der Waals surface area contributed by atoms with Crippen molar-refractivity contribution in [2.45, 2.75) is 88.9 Å². The molecule has 0 spiro atoms. The monoisotopic (exact) mass is 848 g/mol. The van der Waals surface area contributed by atoms with Crippen molar-refractivity contribution in [3.8, 4) is 45.3 Å². The van der Waals surface area contributed by atoms with Gasteiger partial charge in [-0.25, -0.2) is 9.97 Å². The Morgan fingerprint density at radius 2 is 1.30 bits per heavy atom. The molecule has 5 heterocycles. The predicted octanol–water partition coefficient (Wildman–Crippen LogP) is 6.58. The molecule has 1 aliphatic rings. The predicted molar refractivity (Wildman–Crippen MR) is 189 cm³/mol. The summed E-state index contributed by atoms with van der Waals surface area (Å²) in [6, 6.07) is 17.7. The second-order valence-electron chi connectivity index (χ2n) is 15.3. The van der Waals surface area contributed by atoms with E-state index in [0.717, 1.165) is 52.7 Å². The molecule has 0 fully saturated rings. The quantitative estimate of drug-likeness (QED) is 0.141. The van der Waals surface area contributed by atoms with E-state index in [-0.39, 0.29) is 30.9 Å². The Morgan fingerprint density at radius 1 is 0.720 bits per heavy atom. The van der Waals surface area contributed by atoms with Crippen LogP contribution in [-0.2, 0) is 39.7 Å². The van der Waals surface area contributed by atoms with Crippen LogP contribution in [0.15, 0.2) is 55.0 Å². The maximum atomic E-state index is 4.66. The summed E-state index contributed by atoms with van der Waals surface area (Å²) in [7, 11) is 0. The van der Waals surface area contributed by atoms with Gasteiger partial charge in [0.15, 0.2) is 5.21 Å². The Morgan fingerprint density at radius 3 is 1.90 bits per heavy atom. The summed E-state index contributed by atoms with van der Waals surface area (Å²) >= 11 is 0. The molecule has 11 nitrogen and oxygen atoms in total. The molecule has 0 aliphatic carbocycles. The second-order valence-corrected chi connectivity index (χ2v) is 15.3. The zero-order valence-corrected chi connectivity index (χ0v) is 33.0. The molecule has 2 aromatic carbocycles. The fraction of sp³-hybridized carbons (Fsp3) is 0.395. The number of rotatable bonds is 5. The Labute approximate surface area is 308 Å². The molecular weight excluding hydrogens is 803 g/mol. The van der Waals surface area contributed by atoms with Crippen LogP contribution in [0.1, 0.15) is 69.5 Å². The normalized spacial score (nSPS) is 12.1. The van der Waals surface area contributed by atoms with Crippen LogP contribution in [0.3, 0.4) is 0 Å². The molecular formula is C38H45IrN11. The largest absolute Gasteiger partial charge is 0.352 e. The van der Waals surface area contributed by atoms with Crippen molar-refractivity contribution in [1.29, 1.82) is 0 Å². The number of fused-ring (bicyclic) bond motifs is 3. The van der Waals surface area contributed by atoms with E-state index in [0.29, 0.717) is 12.4 Å². The third-order valence-electron chi connectivity index (χ3n) is 8.38. The van der Waals surface area contributed by atoms with E-state index in [1.54, 1.807) is 12.5 Å². The van der Waals surface area contributed by atoms with Crippen LogP contribution < -0.4 is 4.68 Å². The van der Waals surface area contributed by atoms with Crippen molar-refractivity contribution in [2.75, 3.05) is 0 Å². The van der Waals surface area contributed by atoms with Gasteiger partial charge in [0.2, 0.25) is 0 Å². The standard InChI is InChI=1S/C19H23N6.C19H22N5.Ir/c1-12-7-6-8-13(2)15(12)17-16-14(20-11-21-17)9-24-18(16)25(23-22-24)10-19(3,4)5;1-13-8-6-9-14(2)16(13)17-15(10-7-11-20-17)18-21-22-23-24(18)12-19(3,4)5;/h6-8,11H,9-10H2,1-5H3;6-9,11H,12H2,1-5H3;/q+1;-1;. The summed E-state index contributed by atoms with van der Waals surface area (Å²) in [5.74, 6) is 1.71. The minimum atomic E-state index is 0. The van der Waals surface area contributed by atoms with E-state index in [9.17, 15) is 0 Å². The fourth-order valence-electron chi connectivity index (χ4n) is 6.38. The SMILES string of the molecule is Cc1cccc(C)c1-c1ncc[c-]c1-c1nnnn1CC(C)(C)C.Cc1cccc(C)c1-c1ncnc2c1-c1n(CC(C)(C)C)nn[n+]1C2.[Ir]. The first-order chi connectivity index (χ1) is 23.2. The van der Waals surface area contributed by atoms with Crippen molar-refractivity contribution in [1.82, 2.24) is 50.3 Å². The average molecular weight is 848 g/mol. The van der Waals surface area contributed by atoms with Crippen LogP contribution in [0.2, 0.25) is 0 Å². The molecule has 0 amide bonds. The molecule has 0 N–H and O–H groups in total. The van der Waals surface area contributed by atoms with Crippen LogP contribution in [0, 0.1) is 44.6 Å². The van der Waals surface area contributed by atoms with Gasteiger partial charge in [0.25, 0.3) is 5.82 Å². The van der Waals surface area contributed by atoms with Gasteiger partial charge in [-0.05, 0) is 66.1 Å². The number of aryl methyl sites for hydroxylation is 4. The van der Waals surface area contributed by atoms with E-state index in [1.165, 1.54) is 27.8 Å². The van der Waals surface area contributed by atoms with E-state index in [4.69, 9.17) is 0 Å². The van der Waals surface area contributed by atoms with Gasteiger partial charge in [0, 0.05) is 32.2 Å². The van der Waals surface area contributed by atoms with Crippen LogP contribution in [-0.4, -0.2) is 50.3 Å². The van der Waals surface area contributed by atoms with E-state index >= 15 is 0 Å². The van der Waals surface area contributed by atoms with E-state index in [1.807, 2.05) is 20.1 Å². The molecule has 0 atom stereocenters. The van der Waals surface area contributed by atoms with Gasteiger partial charge in [-0.1, -0.05) is 111 Å². The van der Waals surface area contributed by atoms with Crippen molar-refractivity contribution in [3.05, 3.63) is 89.0 Å². The van der Waals surface area contributed by atoms with Gasteiger partial charge in [-0.15, -0.1) is 16.8 Å². The number of pyridine rings is 1. The van der Waals surface area contributed by atoms with Gasteiger partial charge >= 0.3 is 0 Å². The fourth-order valence-corrected chi connectivity index (χ4v) is 6.38. The van der Waals surface area contributed by atoms with Gasteiger partial charge in [0.05, 0.1) is 11.4 Å². The van der Waals surface area contributed by atoms with Crippen molar-refractivity contribution >= 4 is 0 Å². The van der Waals surface area contributed by atoms with Gasteiger partial charge in [-0.2, -0.15) is 5.10 Å². The minimum Gasteiger partial charge on any atom is -0.352 e. The molecule has 7 rings (SSSR count). The molecule has 0 saturated carbocycles. The first-order valence-electron chi connectivity index (χ1n) is 16.7. The topological polar surface area (TPSA) is 117 Å². The summed E-state index contributed by atoms with van der Waals surface area (Å²) in [5, 5.41) is 21.0. The molecule has 0 bridgehead atoms. The number of hydrogen-bond acceptors (Lipinski definition) is 8. The van der Waals surface area contributed by atoms with Gasteiger partial charge < -0.3 is 4.98 Å². The van der Waals surface area contributed by atoms with Crippen LogP contribution in [0.5, 0.6) is 0 Å². The van der Waals surface area contributed by atoms with Crippen LogP contribution in [0.25, 0.3) is 45.3 Å². The zero-order chi connectivity index (χ0) is 35.1. The Kier molecular flexibility index (Phi) is 10.6. The minimum absolute atomic E-state index is 0. The molecule has 4 aromatic heterocycles. The Balaban J connectivity index is 0.000000191. The average Bonchev–Trinajstić information content (AvgIpc) is 3.72. The summed E-state index contributed by atoms with van der Waals surface area (Å²) < 4.78 is 5.76. The van der Waals surface area contributed by atoms with Crippen molar-refractivity contribution in [2.24, 2.45) is 10.8 Å². The summed E-state index contributed by atoms with van der Waals surface area (Å²) in [6.45, 7) is 23.7. The van der Waals surface area contributed by atoms with Gasteiger partial charge in [-0.3, -0.25) is 4.68 Å². The van der Waals surface area contributed by atoms with Crippen molar-refractivity contribution < 1.29 is 24.8 Å².